The van der Waals surface area contributed by atoms with Crippen LogP contribution in [0.4, 0.5) is 0 Å². The minimum absolute atomic E-state index is 0.801. The minimum Gasteiger partial charge on any atom is -0.0844 e. The summed E-state index contributed by atoms with van der Waals surface area (Å²) in [4.78, 5) is 0. The standard InChI is InChI=1S/C9H12BrCl/c1-4-9(11)7(2)5-6-8(3)10/h4-6H,1-3H3/b7-5-,8-6+,9-4+. The Morgan fingerprint density at radius 3 is 2.18 bits per heavy atom. The Bertz CT molecular complexity index is 208. The second-order valence-electron chi connectivity index (χ2n) is 2.24. The van der Waals surface area contributed by atoms with Crippen molar-refractivity contribution in [3.63, 3.8) is 0 Å². The second-order valence-corrected chi connectivity index (χ2v) is 3.90. The van der Waals surface area contributed by atoms with E-state index in [0.29, 0.717) is 0 Å². The molecular weight excluding hydrogens is 223 g/mol. The third kappa shape index (κ3) is 5.28. The summed E-state index contributed by atoms with van der Waals surface area (Å²) in [6.45, 7) is 5.88. The fraction of sp³-hybridized carbons (Fsp3) is 0.333. The molecule has 0 aromatic heterocycles. The van der Waals surface area contributed by atoms with Crippen LogP contribution in [0.5, 0.6) is 0 Å². The number of hydrogen-bond acceptors (Lipinski definition) is 0. The molecule has 0 spiro atoms. The number of allylic oxidation sites excluding steroid dienone is 6. The Hall–Kier alpha value is -0.0100. The van der Waals surface area contributed by atoms with Crippen LogP contribution >= 0.6 is 27.5 Å². The van der Waals surface area contributed by atoms with Gasteiger partial charge in [-0.05, 0) is 30.8 Å². The van der Waals surface area contributed by atoms with Crippen LogP contribution in [0.2, 0.25) is 0 Å². The number of halogens is 2. The molecule has 0 N–H and O–H groups in total. The molecule has 11 heavy (non-hydrogen) atoms. The largest absolute Gasteiger partial charge is 0.0844 e. The molecule has 0 unspecified atom stereocenters. The highest BCUT2D eigenvalue weighted by Gasteiger charge is 1.90. The molecule has 0 nitrogen and oxygen atoms in total. The molecule has 0 bridgehead atoms. The Balaban J connectivity index is 4.36. The van der Waals surface area contributed by atoms with Crippen LogP contribution < -0.4 is 0 Å². The molecule has 0 aliphatic heterocycles. The van der Waals surface area contributed by atoms with Crippen molar-refractivity contribution in [1.29, 1.82) is 0 Å². The first-order valence-corrected chi connectivity index (χ1v) is 4.58. The highest BCUT2D eigenvalue weighted by molar-refractivity contribution is 9.11. The second kappa shape index (κ2) is 5.62. The van der Waals surface area contributed by atoms with Crippen molar-refractivity contribution >= 4 is 27.5 Å². The van der Waals surface area contributed by atoms with E-state index in [-0.39, 0.29) is 0 Å². The minimum atomic E-state index is 0.801. The molecule has 2 heteroatoms. The van der Waals surface area contributed by atoms with E-state index in [1.54, 1.807) is 0 Å². The van der Waals surface area contributed by atoms with Crippen molar-refractivity contribution < 1.29 is 0 Å². The van der Waals surface area contributed by atoms with E-state index >= 15 is 0 Å². The molecule has 0 aromatic carbocycles. The zero-order valence-corrected chi connectivity index (χ0v) is 9.33. The lowest BCUT2D eigenvalue weighted by molar-refractivity contribution is 1.46. The van der Waals surface area contributed by atoms with Crippen molar-refractivity contribution in [2.75, 3.05) is 0 Å². The monoisotopic (exact) mass is 234 g/mol. The van der Waals surface area contributed by atoms with E-state index < -0.39 is 0 Å². The first-order valence-electron chi connectivity index (χ1n) is 3.40. The van der Waals surface area contributed by atoms with Gasteiger partial charge in [0.1, 0.15) is 0 Å². The van der Waals surface area contributed by atoms with Crippen molar-refractivity contribution in [1.82, 2.24) is 0 Å². The van der Waals surface area contributed by atoms with Crippen molar-refractivity contribution in [3.8, 4) is 0 Å². The molecule has 0 aliphatic rings. The molecule has 0 amide bonds. The van der Waals surface area contributed by atoms with Gasteiger partial charge in [0.05, 0.1) is 0 Å². The first kappa shape index (κ1) is 11.0. The summed E-state index contributed by atoms with van der Waals surface area (Å²) in [5.74, 6) is 0. The van der Waals surface area contributed by atoms with E-state index in [1.165, 1.54) is 0 Å². The summed E-state index contributed by atoms with van der Waals surface area (Å²) >= 11 is 9.18. The van der Waals surface area contributed by atoms with E-state index in [2.05, 4.69) is 15.9 Å². The molecule has 0 aromatic rings. The SMILES string of the molecule is C\C=C(Cl)/C(C)=C\C=C(/C)Br. The van der Waals surface area contributed by atoms with Gasteiger partial charge in [-0.25, -0.2) is 0 Å². The Labute approximate surface area is 81.8 Å². The predicted molar refractivity (Wildman–Crippen MR) is 56.1 cm³/mol. The van der Waals surface area contributed by atoms with Gasteiger partial charge < -0.3 is 0 Å². The lowest BCUT2D eigenvalue weighted by Gasteiger charge is -1.94. The zero-order valence-electron chi connectivity index (χ0n) is 6.99. The normalized spacial score (nSPS) is 15.5. The highest BCUT2D eigenvalue weighted by atomic mass is 79.9. The molecule has 0 atom stereocenters. The average Bonchev–Trinajstić information content (AvgIpc) is 1.98. The van der Waals surface area contributed by atoms with Gasteiger partial charge in [-0.15, -0.1) is 0 Å². The van der Waals surface area contributed by atoms with Gasteiger partial charge in [0.15, 0.2) is 0 Å². The smallest absolute Gasteiger partial charge is 0.0392 e. The van der Waals surface area contributed by atoms with Crippen molar-refractivity contribution in [2.24, 2.45) is 0 Å². The quantitative estimate of drug-likeness (QED) is 0.623. The van der Waals surface area contributed by atoms with Crippen molar-refractivity contribution in [3.05, 3.63) is 33.3 Å². The average molecular weight is 236 g/mol. The molecule has 0 radical (unpaired) electrons. The molecule has 0 fully saturated rings. The molecule has 0 rings (SSSR count). The summed E-state index contributed by atoms with van der Waals surface area (Å²) in [7, 11) is 0. The van der Waals surface area contributed by atoms with Crippen LogP contribution in [0.15, 0.2) is 33.3 Å². The summed E-state index contributed by atoms with van der Waals surface area (Å²) in [5.41, 5.74) is 1.08. The third-order valence-electron chi connectivity index (χ3n) is 1.19. The maximum absolute atomic E-state index is 5.85. The van der Waals surface area contributed by atoms with Crippen LogP contribution in [0.3, 0.4) is 0 Å². The van der Waals surface area contributed by atoms with Gasteiger partial charge in [0, 0.05) is 5.03 Å². The fourth-order valence-corrected chi connectivity index (χ4v) is 0.742. The van der Waals surface area contributed by atoms with Gasteiger partial charge in [-0.2, -0.15) is 0 Å². The third-order valence-corrected chi connectivity index (χ3v) is 1.97. The molecule has 0 saturated heterocycles. The van der Waals surface area contributed by atoms with Crippen molar-refractivity contribution in [2.45, 2.75) is 20.8 Å². The Kier molecular flexibility index (Phi) is 5.61. The number of hydrogen-bond donors (Lipinski definition) is 0. The van der Waals surface area contributed by atoms with Gasteiger partial charge >= 0.3 is 0 Å². The molecule has 0 aliphatic carbocycles. The number of rotatable bonds is 2. The molecule has 62 valence electrons. The maximum atomic E-state index is 5.85. The summed E-state index contributed by atoms with van der Waals surface area (Å²) in [5, 5.41) is 0.801. The van der Waals surface area contributed by atoms with E-state index in [0.717, 1.165) is 15.1 Å². The van der Waals surface area contributed by atoms with Gasteiger partial charge in [-0.1, -0.05) is 45.8 Å². The lowest BCUT2D eigenvalue weighted by atomic mass is 10.2. The van der Waals surface area contributed by atoms with Gasteiger partial charge in [0.25, 0.3) is 0 Å². The topological polar surface area (TPSA) is 0 Å². The van der Waals surface area contributed by atoms with E-state index in [4.69, 9.17) is 11.6 Å². The van der Waals surface area contributed by atoms with Crippen LogP contribution in [0, 0.1) is 0 Å². The predicted octanol–water partition coefficient (Wildman–Crippen LogP) is 4.37. The summed E-state index contributed by atoms with van der Waals surface area (Å²) in [6, 6.07) is 0. The Morgan fingerprint density at radius 2 is 1.82 bits per heavy atom. The molecule has 0 heterocycles. The molecular formula is C9H12BrCl. The fourth-order valence-electron chi connectivity index (χ4n) is 0.547. The van der Waals surface area contributed by atoms with Gasteiger partial charge in [0.2, 0.25) is 0 Å². The molecule has 0 saturated carbocycles. The van der Waals surface area contributed by atoms with E-state index in [9.17, 15) is 0 Å². The lowest BCUT2D eigenvalue weighted by Crippen LogP contribution is -1.73. The summed E-state index contributed by atoms with van der Waals surface area (Å²) < 4.78 is 1.09. The zero-order chi connectivity index (χ0) is 8.85. The van der Waals surface area contributed by atoms with Gasteiger partial charge in [-0.3, -0.25) is 0 Å². The maximum Gasteiger partial charge on any atom is 0.0392 e. The van der Waals surface area contributed by atoms with Crippen LogP contribution in [0.1, 0.15) is 20.8 Å². The van der Waals surface area contributed by atoms with Crippen LogP contribution in [-0.4, -0.2) is 0 Å². The van der Waals surface area contributed by atoms with Crippen LogP contribution in [0.25, 0.3) is 0 Å². The Morgan fingerprint density at radius 1 is 1.27 bits per heavy atom. The van der Waals surface area contributed by atoms with E-state index in [1.807, 2.05) is 39.0 Å². The summed E-state index contributed by atoms with van der Waals surface area (Å²) in [6.07, 6.45) is 5.83. The first-order chi connectivity index (χ1) is 5.07. The highest BCUT2D eigenvalue weighted by Crippen LogP contribution is 2.14. The van der Waals surface area contributed by atoms with Crippen LogP contribution in [-0.2, 0) is 0 Å².